The molecule has 0 fully saturated rings. The van der Waals surface area contributed by atoms with Crippen molar-refractivity contribution in [1.29, 1.82) is 0 Å². The molecule has 1 aromatic rings. The van der Waals surface area contributed by atoms with E-state index in [4.69, 9.17) is 5.73 Å². The second kappa shape index (κ2) is 5.42. The normalized spacial score (nSPS) is 11.7. The first-order valence-electron chi connectivity index (χ1n) is 4.66. The molecule has 9 heteroatoms. The third kappa shape index (κ3) is 3.76. The molecule has 4 nitrogen and oxygen atoms in total. The van der Waals surface area contributed by atoms with Crippen LogP contribution in [-0.2, 0) is 0 Å². The van der Waals surface area contributed by atoms with E-state index < -0.39 is 25.0 Å². The summed E-state index contributed by atoms with van der Waals surface area (Å²) in [7, 11) is 0. The van der Waals surface area contributed by atoms with E-state index in [1.165, 1.54) is 13.0 Å². The van der Waals surface area contributed by atoms with Gasteiger partial charge in [-0.2, -0.15) is 13.8 Å². The van der Waals surface area contributed by atoms with Crippen LogP contribution in [0.1, 0.15) is 11.4 Å². The van der Waals surface area contributed by atoms with Gasteiger partial charge in [0.25, 0.3) is 0 Å². The Balaban J connectivity index is 2.83. The highest BCUT2D eigenvalue weighted by atomic mass is 32.1. The van der Waals surface area contributed by atoms with Gasteiger partial charge in [0.1, 0.15) is 10.7 Å². The second-order valence-electron chi connectivity index (χ2n) is 3.39. The van der Waals surface area contributed by atoms with E-state index in [0.29, 0.717) is 5.69 Å². The number of hydrogen-bond acceptors (Lipinski definition) is 4. The van der Waals surface area contributed by atoms with Crippen molar-refractivity contribution >= 4 is 17.2 Å². The molecule has 100 valence electrons. The molecule has 18 heavy (non-hydrogen) atoms. The van der Waals surface area contributed by atoms with Gasteiger partial charge in [-0.3, -0.25) is 0 Å². The van der Waals surface area contributed by atoms with Crippen molar-refractivity contribution in [2.75, 3.05) is 6.61 Å². The van der Waals surface area contributed by atoms with Crippen LogP contribution in [0.15, 0.2) is 6.07 Å². The number of halogens is 4. The predicted molar refractivity (Wildman–Crippen MR) is 59.1 cm³/mol. The lowest BCUT2D eigenvalue weighted by Gasteiger charge is -2.15. The quantitative estimate of drug-likeness (QED) is 0.658. The highest BCUT2D eigenvalue weighted by Crippen LogP contribution is 2.23. The van der Waals surface area contributed by atoms with Crippen molar-refractivity contribution < 1.29 is 22.3 Å². The molecule has 0 bridgehead atoms. The zero-order chi connectivity index (χ0) is 13.9. The maximum atomic E-state index is 12.6. The molecule has 0 atom stereocenters. The van der Waals surface area contributed by atoms with E-state index in [-0.39, 0.29) is 10.7 Å². The Kier molecular flexibility index (Phi) is 4.38. The Bertz CT molecular complexity index is 455. The van der Waals surface area contributed by atoms with Gasteiger partial charge < -0.3 is 10.5 Å². The van der Waals surface area contributed by atoms with Crippen LogP contribution in [0.5, 0.6) is 6.01 Å². The van der Waals surface area contributed by atoms with E-state index in [2.05, 4.69) is 26.9 Å². The number of aryl methyl sites for hydroxylation is 1. The van der Waals surface area contributed by atoms with Crippen LogP contribution in [0.4, 0.5) is 17.6 Å². The van der Waals surface area contributed by atoms with Gasteiger partial charge in [0, 0.05) is 5.69 Å². The van der Waals surface area contributed by atoms with E-state index >= 15 is 0 Å². The monoisotopic (exact) mass is 283 g/mol. The van der Waals surface area contributed by atoms with Gasteiger partial charge in [-0.15, -0.1) is 0 Å². The van der Waals surface area contributed by atoms with Crippen LogP contribution < -0.4 is 10.5 Å². The highest BCUT2D eigenvalue weighted by Gasteiger charge is 2.42. The molecule has 0 radical (unpaired) electrons. The maximum Gasteiger partial charge on any atom is 0.340 e. The van der Waals surface area contributed by atoms with Crippen LogP contribution >= 0.6 is 12.2 Å². The Morgan fingerprint density at radius 1 is 1.50 bits per heavy atom. The Morgan fingerprint density at radius 2 is 2.11 bits per heavy atom. The van der Waals surface area contributed by atoms with Crippen molar-refractivity contribution in [3.63, 3.8) is 0 Å². The van der Waals surface area contributed by atoms with Crippen molar-refractivity contribution in [2.24, 2.45) is 5.73 Å². The molecule has 0 saturated carbocycles. The van der Waals surface area contributed by atoms with Crippen LogP contribution in [0.3, 0.4) is 0 Å². The summed E-state index contributed by atoms with van der Waals surface area (Å²) in [5, 5.41) is 0. The van der Waals surface area contributed by atoms with E-state index in [1.54, 1.807) is 0 Å². The third-order valence-corrected chi connectivity index (χ3v) is 2.01. The minimum Gasteiger partial charge on any atom is -0.457 e. The van der Waals surface area contributed by atoms with Crippen LogP contribution in [-0.4, -0.2) is 33.9 Å². The zero-order valence-corrected chi connectivity index (χ0v) is 9.98. The average molecular weight is 283 g/mol. The number of alkyl halides is 4. The fourth-order valence-electron chi connectivity index (χ4n) is 0.956. The molecular weight excluding hydrogens is 274 g/mol. The number of thiocarbonyl (C=S) groups is 1. The first-order chi connectivity index (χ1) is 8.22. The smallest absolute Gasteiger partial charge is 0.340 e. The minimum atomic E-state index is -4.27. The Labute approximate surface area is 105 Å². The summed E-state index contributed by atoms with van der Waals surface area (Å²) < 4.78 is 53.4. The number of hydrogen-bond donors (Lipinski definition) is 1. The first kappa shape index (κ1) is 14.6. The van der Waals surface area contributed by atoms with Gasteiger partial charge in [-0.1, -0.05) is 12.2 Å². The first-order valence-corrected chi connectivity index (χ1v) is 5.07. The van der Waals surface area contributed by atoms with Gasteiger partial charge in [-0.05, 0) is 13.0 Å². The number of rotatable bonds is 5. The third-order valence-electron chi connectivity index (χ3n) is 1.80. The van der Waals surface area contributed by atoms with Crippen LogP contribution in [0.2, 0.25) is 0 Å². The molecule has 0 saturated heterocycles. The molecule has 0 aliphatic carbocycles. The SMILES string of the molecule is Cc1cc(C(N)=S)nc(OCC(F)(F)C(F)F)n1. The fourth-order valence-corrected chi connectivity index (χ4v) is 1.06. The summed E-state index contributed by atoms with van der Waals surface area (Å²) in [6.45, 7) is 0.00641. The lowest BCUT2D eigenvalue weighted by molar-refractivity contribution is -0.149. The summed E-state index contributed by atoms with van der Waals surface area (Å²) in [6, 6.07) is 0.943. The van der Waals surface area contributed by atoms with Crippen molar-refractivity contribution in [3.05, 3.63) is 17.5 Å². The predicted octanol–water partition coefficient (Wildman–Crippen LogP) is 1.70. The molecule has 1 heterocycles. The van der Waals surface area contributed by atoms with Gasteiger partial charge in [0.15, 0.2) is 6.61 Å². The van der Waals surface area contributed by atoms with E-state index in [0.717, 1.165) is 0 Å². The molecular formula is C9H9F4N3OS. The summed E-state index contributed by atoms with van der Waals surface area (Å²) >= 11 is 4.64. The van der Waals surface area contributed by atoms with Crippen molar-refractivity contribution in [3.8, 4) is 6.01 Å². The zero-order valence-electron chi connectivity index (χ0n) is 9.16. The van der Waals surface area contributed by atoms with Crippen molar-refractivity contribution in [2.45, 2.75) is 19.3 Å². The minimum absolute atomic E-state index is 0.0778. The molecule has 0 aliphatic rings. The van der Waals surface area contributed by atoms with E-state index in [9.17, 15) is 17.6 Å². The van der Waals surface area contributed by atoms with Gasteiger partial charge in [-0.25, -0.2) is 13.8 Å². The highest BCUT2D eigenvalue weighted by molar-refractivity contribution is 7.80. The molecule has 0 unspecified atom stereocenters. The van der Waals surface area contributed by atoms with Gasteiger partial charge in [0.05, 0.1) is 0 Å². The standard InChI is InChI=1S/C9H9F4N3OS/c1-4-2-5(6(14)18)16-8(15-4)17-3-9(12,13)7(10)11/h2,7H,3H2,1H3,(H2,14,18). The van der Waals surface area contributed by atoms with Crippen LogP contribution in [0.25, 0.3) is 0 Å². The number of nitrogens with zero attached hydrogens (tertiary/aromatic N) is 2. The lowest BCUT2D eigenvalue weighted by atomic mass is 10.3. The average Bonchev–Trinajstić information content (AvgIpc) is 2.25. The molecule has 0 spiro atoms. The summed E-state index contributed by atoms with van der Waals surface area (Å²) in [5.41, 5.74) is 5.78. The summed E-state index contributed by atoms with van der Waals surface area (Å²) in [4.78, 5) is 7.19. The molecule has 1 rings (SSSR count). The molecule has 2 N–H and O–H groups in total. The van der Waals surface area contributed by atoms with E-state index in [1.807, 2.05) is 0 Å². The molecule has 0 aliphatic heterocycles. The molecule has 0 aromatic carbocycles. The van der Waals surface area contributed by atoms with Gasteiger partial charge >= 0.3 is 18.4 Å². The largest absolute Gasteiger partial charge is 0.457 e. The number of ether oxygens (including phenoxy) is 1. The molecule has 0 amide bonds. The fraction of sp³-hybridized carbons (Fsp3) is 0.444. The second-order valence-corrected chi connectivity index (χ2v) is 3.83. The molecule has 1 aromatic heterocycles. The Morgan fingerprint density at radius 3 is 2.61 bits per heavy atom. The summed E-state index contributed by atoms with van der Waals surface area (Å²) in [6.07, 6.45) is -3.82. The lowest BCUT2D eigenvalue weighted by Crippen LogP contribution is -2.34. The van der Waals surface area contributed by atoms with Gasteiger partial charge in [0.2, 0.25) is 0 Å². The maximum absolute atomic E-state index is 12.6. The Hall–Kier alpha value is -1.51. The van der Waals surface area contributed by atoms with Crippen LogP contribution in [0, 0.1) is 6.92 Å². The topological polar surface area (TPSA) is 61.0 Å². The number of nitrogens with two attached hydrogens (primary N) is 1. The number of aromatic nitrogens is 2. The summed E-state index contributed by atoms with van der Waals surface area (Å²) in [5.74, 6) is -4.27. The van der Waals surface area contributed by atoms with Crippen molar-refractivity contribution in [1.82, 2.24) is 9.97 Å².